The second-order valence-electron chi connectivity index (χ2n) is 22.2. The summed E-state index contributed by atoms with van der Waals surface area (Å²) in [7, 11) is 1.16. The van der Waals surface area contributed by atoms with Crippen LogP contribution in [0.2, 0.25) is 0 Å². The van der Waals surface area contributed by atoms with Gasteiger partial charge in [0.05, 0.1) is 33.8 Å². The molecule has 0 spiro atoms. The molecular formula is C65H119N2O7P. The van der Waals surface area contributed by atoms with Gasteiger partial charge in [-0.05, 0) is 70.3 Å². The first kappa shape index (κ1) is 72.5. The third-order valence-electron chi connectivity index (χ3n) is 13.7. The highest BCUT2D eigenvalue weighted by Crippen LogP contribution is 2.38. The van der Waals surface area contributed by atoms with E-state index < -0.39 is 32.5 Å². The number of quaternary nitrogens is 1. The van der Waals surface area contributed by atoms with Crippen LogP contribution in [0.1, 0.15) is 278 Å². The summed E-state index contributed by atoms with van der Waals surface area (Å²) in [5, 5.41) is 3.02. The van der Waals surface area contributed by atoms with Crippen LogP contribution in [-0.4, -0.2) is 69.4 Å². The Bertz CT molecular complexity index is 1510. The second-order valence-corrected chi connectivity index (χ2v) is 23.6. The molecule has 0 heterocycles. The first-order valence-electron chi connectivity index (χ1n) is 31.2. The molecular weight excluding hydrogens is 952 g/mol. The average molecular weight is 1070 g/mol. The molecule has 3 unspecified atom stereocenters. The van der Waals surface area contributed by atoms with E-state index in [-0.39, 0.29) is 18.9 Å². The fourth-order valence-electron chi connectivity index (χ4n) is 8.85. The molecule has 0 aliphatic carbocycles. The molecule has 0 aliphatic rings. The summed E-state index contributed by atoms with van der Waals surface area (Å²) < 4.78 is 30.2. The fourth-order valence-corrected chi connectivity index (χ4v) is 9.58. The van der Waals surface area contributed by atoms with E-state index in [0.29, 0.717) is 23.9 Å². The van der Waals surface area contributed by atoms with Crippen LogP contribution in [0.15, 0.2) is 72.9 Å². The molecule has 0 saturated carbocycles. The number of ether oxygens (including phenoxy) is 1. The van der Waals surface area contributed by atoms with Crippen molar-refractivity contribution >= 4 is 19.7 Å². The van der Waals surface area contributed by atoms with E-state index in [4.69, 9.17) is 13.8 Å². The molecule has 0 rings (SSSR count). The Morgan fingerprint density at radius 3 is 1.29 bits per heavy atom. The summed E-state index contributed by atoms with van der Waals surface area (Å²) in [4.78, 5) is 39.9. The maximum absolute atomic E-state index is 13.5. The Kier molecular flexibility index (Phi) is 52.9. The van der Waals surface area contributed by atoms with Crippen molar-refractivity contribution in [2.24, 2.45) is 0 Å². The number of rotatable bonds is 56. The maximum Gasteiger partial charge on any atom is 0.306 e. The van der Waals surface area contributed by atoms with Crippen LogP contribution in [0.3, 0.4) is 0 Å². The Morgan fingerprint density at radius 1 is 0.480 bits per heavy atom. The van der Waals surface area contributed by atoms with Crippen molar-refractivity contribution < 1.29 is 37.3 Å². The lowest BCUT2D eigenvalue weighted by Crippen LogP contribution is -2.47. The molecule has 0 radical (unpaired) electrons. The van der Waals surface area contributed by atoms with Gasteiger partial charge in [0.25, 0.3) is 7.82 Å². The monoisotopic (exact) mass is 1070 g/mol. The molecule has 0 aromatic carbocycles. The number of hydrogen-bond acceptors (Lipinski definition) is 7. The van der Waals surface area contributed by atoms with Crippen molar-refractivity contribution in [3.05, 3.63) is 72.9 Å². The van der Waals surface area contributed by atoms with Gasteiger partial charge in [0.2, 0.25) is 5.91 Å². The fraction of sp³-hybridized carbons (Fsp3) is 0.785. The summed E-state index contributed by atoms with van der Waals surface area (Å²) >= 11 is 0. The summed E-state index contributed by atoms with van der Waals surface area (Å²) in [5.41, 5.74) is 0. The SMILES string of the molecule is CC/C=C\C/C=C\C/C=C\C/C=C\C/C=C\CCCC(=O)OC(/C=C/CCCCCCCCCCC)C(COP(=O)([O-])OCC[N+](C)(C)C)NC(=O)CCCCCCCCCCCCCCCCCCCCCCC. The minimum Gasteiger partial charge on any atom is -0.756 e. The molecule has 75 heavy (non-hydrogen) atoms. The molecule has 0 aromatic heterocycles. The number of unbranched alkanes of at least 4 members (excludes halogenated alkanes) is 30. The Morgan fingerprint density at radius 2 is 0.867 bits per heavy atom. The van der Waals surface area contributed by atoms with Gasteiger partial charge in [0, 0.05) is 12.8 Å². The minimum atomic E-state index is -4.71. The predicted molar refractivity (Wildman–Crippen MR) is 321 cm³/mol. The number of esters is 1. The van der Waals surface area contributed by atoms with Gasteiger partial charge in [-0.25, -0.2) is 0 Å². The number of nitrogens with one attached hydrogen (secondary N) is 1. The zero-order valence-electron chi connectivity index (χ0n) is 49.7. The molecule has 0 saturated heterocycles. The molecule has 10 heteroatoms. The summed E-state index contributed by atoms with van der Waals surface area (Å²) in [6.45, 7) is 6.70. The minimum absolute atomic E-state index is 0.0320. The number of amides is 1. The van der Waals surface area contributed by atoms with Crippen LogP contribution in [0.5, 0.6) is 0 Å². The number of phosphoric ester groups is 1. The topological polar surface area (TPSA) is 114 Å². The Balaban J connectivity index is 5.24. The highest BCUT2D eigenvalue weighted by molar-refractivity contribution is 7.45. The number of carbonyl (C=O) groups excluding carboxylic acids is 2. The number of phosphoric acid groups is 1. The molecule has 3 atom stereocenters. The molecule has 436 valence electrons. The van der Waals surface area contributed by atoms with E-state index in [2.05, 4.69) is 86.8 Å². The smallest absolute Gasteiger partial charge is 0.306 e. The molecule has 0 fully saturated rings. The van der Waals surface area contributed by atoms with Gasteiger partial charge in [-0.3, -0.25) is 14.2 Å². The van der Waals surface area contributed by atoms with Gasteiger partial charge in [-0.1, -0.05) is 267 Å². The zero-order valence-corrected chi connectivity index (χ0v) is 50.6. The normalized spacial score (nSPS) is 14.2. The third-order valence-corrected chi connectivity index (χ3v) is 14.6. The van der Waals surface area contributed by atoms with Crippen LogP contribution in [0.25, 0.3) is 0 Å². The highest BCUT2D eigenvalue weighted by atomic mass is 31.2. The first-order chi connectivity index (χ1) is 36.4. The molecule has 9 nitrogen and oxygen atoms in total. The lowest BCUT2D eigenvalue weighted by Gasteiger charge is -2.30. The standard InChI is InChI=1S/C65H119N2O7P/c1-7-10-13-16-19-22-25-27-29-31-32-33-34-36-37-39-42-45-48-51-54-57-64(68)66-62(61-73-75(70,71)72-60-59-67(4,5)6)63(56-53-50-47-44-41-24-21-18-15-12-9-3)74-65(69)58-55-52-49-46-43-40-38-35-30-28-26-23-20-17-14-11-8-2/h11,14,20,23,28,30,38,40,46,49,53,56,62-63H,7-10,12-13,15-19,21-22,24-27,29,31-37,39,41-45,47-48,50-52,54-55,57-61H2,1-6H3,(H-,66,68,70,71)/b14-11-,23-20-,30-28-,40-38-,49-46-,56-53+. The van der Waals surface area contributed by atoms with E-state index in [9.17, 15) is 19.0 Å². The number of likely N-dealkylation sites (N-methyl/N-ethyl adjacent to an activating group) is 1. The molecule has 1 amide bonds. The Hall–Kier alpha value is -2.55. The lowest BCUT2D eigenvalue weighted by atomic mass is 10.0. The van der Waals surface area contributed by atoms with Gasteiger partial charge < -0.3 is 28.5 Å². The van der Waals surface area contributed by atoms with Crippen LogP contribution in [-0.2, 0) is 27.9 Å². The summed E-state index contributed by atoms with van der Waals surface area (Å²) in [6, 6.07) is -0.911. The van der Waals surface area contributed by atoms with Crippen LogP contribution in [0.4, 0.5) is 0 Å². The van der Waals surface area contributed by atoms with Crippen LogP contribution in [0, 0.1) is 0 Å². The van der Waals surface area contributed by atoms with Crippen LogP contribution < -0.4 is 10.2 Å². The van der Waals surface area contributed by atoms with Crippen LogP contribution >= 0.6 is 7.82 Å². The predicted octanol–water partition coefficient (Wildman–Crippen LogP) is 18.6. The third kappa shape index (κ3) is 56.0. The van der Waals surface area contributed by atoms with Gasteiger partial charge >= 0.3 is 5.97 Å². The quantitative estimate of drug-likeness (QED) is 0.0212. The summed E-state index contributed by atoms with van der Waals surface area (Å²) in [5.74, 6) is -0.604. The molecule has 0 aliphatic heterocycles. The maximum atomic E-state index is 13.5. The number of carbonyl (C=O) groups is 2. The van der Waals surface area contributed by atoms with Crippen molar-refractivity contribution in [1.82, 2.24) is 5.32 Å². The van der Waals surface area contributed by atoms with Crippen molar-refractivity contribution in [1.29, 1.82) is 0 Å². The van der Waals surface area contributed by atoms with Gasteiger partial charge in [0.1, 0.15) is 19.3 Å². The molecule has 0 bridgehead atoms. The number of allylic oxidation sites excluding steroid dienone is 11. The van der Waals surface area contributed by atoms with Crippen molar-refractivity contribution in [3.63, 3.8) is 0 Å². The first-order valence-corrected chi connectivity index (χ1v) is 32.7. The van der Waals surface area contributed by atoms with Gasteiger partial charge in [-0.2, -0.15) is 0 Å². The van der Waals surface area contributed by atoms with E-state index in [1.807, 2.05) is 33.3 Å². The van der Waals surface area contributed by atoms with Crippen molar-refractivity contribution in [3.8, 4) is 0 Å². The number of nitrogens with zero attached hydrogens (tertiary/aromatic N) is 1. The highest BCUT2D eigenvalue weighted by Gasteiger charge is 2.27. The van der Waals surface area contributed by atoms with E-state index in [1.54, 1.807) is 0 Å². The van der Waals surface area contributed by atoms with Crippen molar-refractivity contribution in [2.45, 2.75) is 290 Å². The average Bonchev–Trinajstić information content (AvgIpc) is 3.37. The van der Waals surface area contributed by atoms with Crippen molar-refractivity contribution in [2.75, 3.05) is 40.9 Å². The second kappa shape index (κ2) is 54.8. The molecule has 1 N–H and O–H groups in total. The van der Waals surface area contributed by atoms with Gasteiger partial charge in [0.15, 0.2) is 0 Å². The Labute approximate surface area is 463 Å². The molecule has 0 aromatic rings. The lowest BCUT2D eigenvalue weighted by molar-refractivity contribution is -0.870. The van der Waals surface area contributed by atoms with Gasteiger partial charge in [-0.15, -0.1) is 0 Å². The zero-order chi connectivity index (χ0) is 55.0. The van der Waals surface area contributed by atoms with E-state index in [0.717, 1.165) is 77.0 Å². The number of hydrogen-bond donors (Lipinski definition) is 1. The van der Waals surface area contributed by atoms with E-state index >= 15 is 0 Å². The summed E-state index contributed by atoms with van der Waals surface area (Å²) in [6.07, 6.45) is 70.3. The van der Waals surface area contributed by atoms with E-state index in [1.165, 1.54) is 161 Å². The largest absolute Gasteiger partial charge is 0.756 e.